The van der Waals surface area contributed by atoms with Gasteiger partial charge >= 0.3 is 0 Å². The minimum Gasteiger partial charge on any atom is -0.272 e. The summed E-state index contributed by atoms with van der Waals surface area (Å²) in [5.74, 6) is -0.185. The molecule has 0 radical (unpaired) electrons. The highest BCUT2D eigenvalue weighted by Crippen LogP contribution is 2.35. The van der Waals surface area contributed by atoms with Gasteiger partial charge in [-0.15, -0.1) is 22.7 Å². The Bertz CT molecular complexity index is 1450. The van der Waals surface area contributed by atoms with Crippen LogP contribution in [0.15, 0.2) is 50.8 Å². The van der Waals surface area contributed by atoms with Crippen LogP contribution in [0.3, 0.4) is 0 Å². The number of nitrogens with zero attached hydrogens (tertiary/aromatic N) is 3. The van der Waals surface area contributed by atoms with E-state index in [-0.39, 0.29) is 17.2 Å². The third kappa shape index (κ3) is 4.70. The van der Waals surface area contributed by atoms with Gasteiger partial charge in [0, 0.05) is 14.8 Å². The molecule has 6 nitrogen and oxygen atoms in total. The summed E-state index contributed by atoms with van der Waals surface area (Å²) in [5.41, 5.74) is 5.39. The highest BCUT2D eigenvalue weighted by molar-refractivity contribution is 7.99. The van der Waals surface area contributed by atoms with E-state index in [0.717, 1.165) is 46.5 Å². The molecule has 1 aromatic carbocycles. The largest absolute Gasteiger partial charge is 0.272 e. The molecule has 0 bridgehead atoms. The van der Waals surface area contributed by atoms with Crippen LogP contribution < -0.4 is 11.0 Å². The fraction of sp³-hybridized carbons (Fsp3) is 0.250. The van der Waals surface area contributed by atoms with Crippen LogP contribution in [0, 0.1) is 6.92 Å². The second-order valence-electron chi connectivity index (χ2n) is 7.95. The fourth-order valence-corrected chi connectivity index (χ4v) is 6.96. The van der Waals surface area contributed by atoms with Gasteiger partial charge in [0.1, 0.15) is 4.83 Å². The van der Waals surface area contributed by atoms with Crippen molar-refractivity contribution in [1.29, 1.82) is 0 Å². The molecule has 0 saturated heterocycles. The molecule has 0 spiro atoms. The lowest BCUT2D eigenvalue weighted by Crippen LogP contribution is -2.24. The van der Waals surface area contributed by atoms with Gasteiger partial charge in [-0.3, -0.25) is 14.2 Å². The van der Waals surface area contributed by atoms with Crippen LogP contribution >= 0.6 is 46.0 Å². The maximum Gasteiger partial charge on any atom is 0.267 e. The summed E-state index contributed by atoms with van der Waals surface area (Å²) in [4.78, 5) is 34.0. The fourth-order valence-electron chi connectivity index (χ4n) is 3.94. The molecule has 0 atom stereocenters. The molecule has 0 saturated carbocycles. The Balaban J connectivity index is 1.45. The summed E-state index contributed by atoms with van der Waals surface area (Å²) in [7, 11) is 0. The number of hydrazone groups is 1. The lowest BCUT2D eigenvalue weighted by Gasteiger charge is -2.13. The zero-order chi connectivity index (χ0) is 23.7. The number of hydrogen-bond donors (Lipinski definition) is 1. The number of nitrogens with one attached hydrogen (secondary N) is 1. The zero-order valence-electron chi connectivity index (χ0n) is 18.3. The minimum atomic E-state index is -0.266. The first-order valence-electron chi connectivity index (χ1n) is 10.8. The minimum absolute atomic E-state index is 0.0807. The van der Waals surface area contributed by atoms with Crippen LogP contribution in [-0.2, 0) is 17.6 Å². The van der Waals surface area contributed by atoms with Crippen LogP contribution in [0.4, 0.5) is 0 Å². The number of carbonyl (C=O) groups excluding carboxylic acids is 1. The van der Waals surface area contributed by atoms with Crippen LogP contribution in [-0.4, -0.2) is 27.4 Å². The molecular weight excluding hydrogens is 508 g/mol. The normalized spacial score (nSPS) is 13.5. The summed E-state index contributed by atoms with van der Waals surface area (Å²) in [6.07, 6.45) is 5.76. The van der Waals surface area contributed by atoms with Gasteiger partial charge in [-0.05, 0) is 79.4 Å². The molecule has 174 valence electrons. The van der Waals surface area contributed by atoms with E-state index in [2.05, 4.69) is 10.5 Å². The van der Waals surface area contributed by atoms with Crippen LogP contribution in [0.5, 0.6) is 0 Å². The Kier molecular flexibility index (Phi) is 6.87. The first-order valence-corrected chi connectivity index (χ1v) is 13.9. The van der Waals surface area contributed by atoms with Crippen LogP contribution in [0.1, 0.15) is 33.7 Å². The van der Waals surface area contributed by atoms with E-state index >= 15 is 0 Å². The maximum atomic E-state index is 13.7. The Hall–Kier alpha value is -2.46. The number of amides is 1. The Labute approximate surface area is 213 Å². The molecule has 1 amide bonds. The molecule has 1 N–H and O–H groups in total. The standard InChI is InChI=1S/C24H21ClN4O2S3/c1-14-10-11-32-19(14)12-26-28-20(30)13-33-24-27-22-21(17-4-2-3-5-18(17)34-22)23(31)29(24)16-8-6-15(25)7-9-16/h6-12H,2-5,13H2,1H3,(H,28,30). The number of thiophene rings is 2. The van der Waals surface area contributed by atoms with E-state index in [9.17, 15) is 9.59 Å². The summed E-state index contributed by atoms with van der Waals surface area (Å²) in [6, 6.07) is 9.10. The lowest BCUT2D eigenvalue weighted by atomic mass is 9.97. The van der Waals surface area contributed by atoms with E-state index in [0.29, 0.717) is 21.3 Å². The van der Waals surface area contributed by atoms with E-state index in [4.69, 9.17) is 16.6 Å². The summed E-state index contributed by atoms with van der Waals surface area (Å²) in [6.45, 7) is 2.00. The van der Waals surface area contributed by atoms with Gasteiger partial charge in [0.05, 0.1) is 23.0 Å². The number of fused-ring (bicyclic) bond motifs is 3. The Morgan fingerprint density at radius 1 is 1.26 bits per heavy atom. The number of aryl methyl sites for hydroxylation is 3. The maximum absolute atomic E-state index is 13.7. The van der Waals surface area contributed by atoms with Gasteiger partial charge in [0.25, 0.3) is 11.5 Å². The third-order valence-corrected chi connectivity index (χ3v) is 8.98. The molecule has 3 heterocycles. The topological polar surface area (TPSA) is 76.3 Å². The molecule has 10 heteroatoms. The molecular formula is C24H21ClN4O2S3. The second-order valence-corrected chi connectivity index (χ2v) is 11.4. The van der Waals surface area contributed by atoms with Crippen molar-refractivity contribution in [2.24, 2.45) is 5.10 Å². The van der Waals surface area contributed by atoms with Gasteiger partial charge < -0.3 is 0 Å². The monoisotopic (exact) mass is 528 g/mol. The highest BCUT2D eigenvalue weighted by Gasteiger charge is 2.23. The average molecular weight is 529 g/mol. The van der Waals surface area contributed by atoms with Gasteiger partial charge in [-0.1, -0.05) is 23.4 Å². The van der Waals surface area contributed by atoms with Crippen molar-refractivity contribution in [3.63, 3.8) is 0 Å². The van der Waals surface area contributed by atoms with Crippen molar-refractivity contribution < 1.29 is 4.79 Å². The summed E-state index contributed by atoms with van der Waals surface area (Å²) >= 11 is 10.5. The van der Waals surface area contributed by atoms with Crippen molar-refractivity contribution in [3.8, 4) is 5.69 Å². The number of halogens is 1. The van der Waals surface area contributed by atoms with Gasteiger partial charge in [-0.2, -0.15) is 5.10 Å². The predicted octanol–water partition coefficient (Wildman–Crippen LogP) is 5.59. The van der Waals surface area contributed by atoms with Gasteiger partial charge in [0.15, 0.2) is 5.16 Å². The number of benzene rings is 1. The smallest absolute Gasteiger partial charge is 0.267 e. The molecule has 34 heavy (non-hydrogen) atoms. The van der Waals surface area contributed by atoms with Crippen molar-refractivity contribution in [3.05, 3.63) is 72.0 Å². The number of aromatic nitrogens is 2. The van der Waals surface area contributed by atoms with Gasteiger partial charge in [0.2, 0.25) is 0 Å². The molecule has 0 fully saturated rings. The van der Waals surface area contributed by atoms with Crippen molar-refractivity contribution in [2.45, 2.75) is 37.8 Å². The molecule has 1 aliphatic carbocycles. The Morgan fingerprint density at radius 3 is 2.82 bits per heavy atom. The zero-order valence-corrected chi connectivity index (χ0v) is 21.5. The summed E-state index contributed by atoms with van der Waals surface area (Å²) < 4.78 is 1.59. The van der Waals surface area contributed by atoms with Gasteiger partial charge in [-0.25, -0.2) is 10.4 Å². The number of thioether (sulfide) groups is 1. The molecule has 1 aliphatic rings. The van der Waals surface area contributed by atoms with E-state index < -0.39 is 0 Å². The van der Waals surface area contributed by atoms with E-state index in [1.54, 1.807) is 57.7 Å². The first-order chi connectivity index (χ1) is 16.5. The molecule has 3 aromatic heterocycles. The first kappa shape index (κ1) is 23.3. The second kappa shape index (κ2) is 10.0. The predicted molar refractivity (Wildman–Crippen MR) is 142 cm³/mol. The van der Waals surface area contributed by atoms with Crippen molar-refractivity contribution in [2.75, 3.05) is 5.75 Å². The van der Waals surface area contributed by atoms with E-state index in [1.807, 2.05) is 18.4 Å². The molecule has 0 unspecified atom stereocenters. The molecule has 0 aliphatic heterocycles. The molecule has 5 rings (SSSR count). The SMILES string of the molecule is Cc1ccsc1C=NNC(=O)CSc1nc2sc3c(c2c(=O)n1-c1ccc(Cl)cc1)CCCC3. The highest BCUT2D eigenvalue weighted by atomic mass is 35.5. The number of hydrogen-bond acceptors (Lipinski definition) is 7. The quantitative estimate of drug-likeness (QED) is 0.153. The lowest BCUT2D eigenvalue weighted by molar-refractivity contribution is -0.118. The van der Waals surface area contributed by atoms with E-state index in [1.165, 1.54) is 16.6 Å². The average Bonchev–Trinajstić information content (AvgIpc) is 3.41. The Morgan fingerprint density at radius 2 is 2.06 bits per heavy atom. The van der Waals surface area contributed by atoms with Crippen molar-refractivity contribution in [1.82, 2.24) is 15.0 Å². The third-order valence-electron chi connectivity index (χ3n) is 5.65. The van der Waals surface area contributed by atoms with Crippen molar-refractivity contribution >= 4 is 68.4 Å². The van der Waals surface area contributed by atoms with Crippen LogP contribution in [0.2, 0.25) is 5.02 Å². The summed E-state index contributed by atoms with van der Waals surface area (Å²) in [5, 5.41) is 7.82. The number of carbonyl (C=O) groups is 1. The van der Waals surface area contributed by atoms with Crippen LogP contribution in [0.25, 0.3) is 15.9 Å². The number of rotatable bonds is 6. The molecule has 4 aromatic rings.